The number of fused-ring (bicyclic) bond motifs is 1. The first kappa shape index (κ1) is 13.6. The zero-order valence-corrected chi connectivity index (χ0v) is 11.9. The molecule has 108 valence electrons. The van der Waals surface area contributed by atoms with Crippen LogP contribution in [0, 0.1) is 5.82 Å². The van der Waals surface area contributed by atoms with Crippen molar-refractivity contribution in [2.45, 2.75) is 6.04 Å². The van der Waals surface area contributed by atoms with E-state index in [1.807, 2.05) is 37.4 Å². The van der Waals surface area contributed by atoms with Crippen LogP contribution in [0.25, 0.3) is 11.0 Å². The fourth-order valence-corrected chi connectivity index (χ4v) is 2.45. The van der Waals surface area contributed by atoms with Gasteiger partial charge in [-0.05, 0) is 49.0 Å². The van der Waals surface area contributed by atoms with Gasteiger partial charge in [-0.2, -0.15) is 0 Å². The molecule has 3 aromatic rings. The standard InChI is InChI=1S/C17H16FNO2/c1-19-17(11-3-6-14(20-2)7-4-11)16-10-12-9-13(18)5-8-15(12)21-16/h3-10,17,19H,1-2H3. The summed E-state index contributed by atoms with van der Waals surface area (Å²) in [6.07, 6.45) is 0. The number of benzene rings is 2. The van der Waals surface area contributed by atoms with E-state index in [1.54, 1.807) is 13.2 Å². The van der Waals surface area contributed by atoms with E-state index >= 15 is 0 Å². The molecule has 21 heavy (non-hydrogen) atoms. The van der Waals surface area contributed by atoms with E-state index in [4.69, 9.17) is 9.15 Å². The number of halogens is 1. The fourth-order valence-electron chi connectivity index (χ4n) is 2.45. The van der Waals surface area contributed by atoms with Crippen LogP contribution in [-0.2, 0) is 0 Å². The normalized spacial score (nSPS) is 12.5. The van der Waals surface area contributed by atoms with Gasteiger partial charge in [0.15, 0.2) is 0 Å². The molecular formula is C17H16FNO2. The Kier molecular flexibility index (Phi) is 3.62. The zero-order chi connectivity index (χ0) is 14.8. The van der Waals surface area contributed by atoms with Crippen molar-refractivity contribution >= 4 is 11.0 Å². The Morgan fingerprint density at radius 1 is 1.10 bits per heavy atom. The van der Waals surface area contributed by atoms with Crippen LogP contribution in [0.5, 0.6) is 5.75 Å². The molecule has 0 aliphatic carbocycles. The van der Waals surface area contributed by atoms with Gasteiger partial charge in [0.05, 0.1) is 13.2 Å². The Balaban J connectivity index is 2.00. The predicted octanol–water partition coefficient (Wildman–Crippen LogP) is 3.89. The Hall–Kier alpha value is -2.33. The van der Waals surface area contributed by atoms with Crippen LogP contribution in [-0.4, -0.2) is 14.2 Å². The Labute approximate surface area is 122 Å². The van der Waals surface area contributed by atoms with Gasteiger partial charge in [-0.3, -0.25) is 0 Å². The van der Waals surface area contributed by atoms with Gasteiger partial charge in [-0.25, -0.2) is 4.39 Å². The topological polar surface area (TPSA) is 34.4 Å². The molecule has 1 unspecified atom stereocenters. The molecule has 0 spiro atoms. The monoisotopic (exact) mass is 285 g/mol. The maximum Gasteiger partial charge on any atom is 0.134 e. The summed E-state index contributed by atoms with van der Waals surface area (Å²) in [5.41, 5.74) is 1.73. The molecule has 1 N–H and O–H groups in total. The number of ether oxygens (including phenoxy) is 1. The summed E-state index contributed by atoms with van der Waals surface area (Å²) in [5.74, 6) is 1.30. The molecule has 3 rings (SSSR count). The molecule has 2 aromatic carbocycles. The van der Waals surface area contributed by atoms with E-state index < -0.39 is 0 Å². The zero-order valence-electron chi connectivity index (χ0n) is 11.9. The average molecular weight is 285 g/mol. The molecule has 0 radical (unpaired) electrons. The third kappa shape index (κ3) is 2.62. The highest BCUT2D eigenvalue weighted by Gasteiger charge is 2.17. The molecule has 0 saturated heterocycles. The predicted molar refractivity (Wildman–Crippen MR) is 80.1 cm³/mol. The quantitative estimate of drug-likeness (QED) is 0.789. The van der Waals surface area contributed by atoms with Crippen molar-refractivity contribution in [3.05, 3.63) is 65.7 Å². The van der Waals surface area contributed by atoms with Crippen LogP contribution in [0.4, 0.5) is 4.39 Å². The van der Waals surface area contributed by atoms with Crippen molar-refractivity contribution in [2.75, 3.05) is 14.2 Å². The highest BCUT2D eigenvalue weighted by molar-refractivity contribution is 5.78. The molecule has 0 aliphatic rings. The second-order valence-electron chi connectivity index (χ2n) is 4.83. The van der Waals surface area contributed by atoms with Gasteiger partial charge in [0.2, 0.25) is 0 Å². The van der Waals surface area contributed by atoms with Gasteiger partial charge >= 0.3 is 0 Å². The van der Waals surface area contributed by atoms with Crippen molar-refractivity contribution in [3.8, 4) is 5.75 Å². The first-order valence-corrected chi connectivity index (χ1v) is 6.71. The SMILES string of the molecule is CNC(c1ccc(OC)cc1)c1cc2cc(F)ccc2o1. The molecule has 4 heteroatoms. The number of hydrogen-bond donors (Lipinski definition) is 1. The van der Waals surface area contributed by atoms with Crippen LogP contribution in [0.3, 0.4) is 0 Å². The van der Waals surface area contributed by atoms with E-state index in [0.29, 0.717) is 5.58 Å². The Morgan fingerprint density at radius 2 is 1.86 bits per heavy atom. The smallest absolute Gasteiger partial charge is 0.134 e. The van der Waals surface area contributed by atoms with Crippen molar-refractivity contribution in [1.29, 1.82) is 0 Å². The summed E-state index contributed by atoms with van der Waals surface area (Å²) in [6, 6.07) is 14.1. The molecule has 0 bridgehead atoms. The summed E-state index contributed by atoms with van der Waals surface area (Å²) in [4.78, 5) is 0. The van der Waals surface area contributed by atoms with Crippen molar-refractivity contribution < 1.29 is 13.5 Å². The maximum atomic E-state index is 13.3. The van der Waals surface area contributed by atoms with Crippen molar-refractivity contribution in [2.24, 2.45) is 0 Å². The minimum atomic E-state index is -0.264. The molecule has 1 atom stereocenters. The van der Waals surface area contributed by atoms with E-state index in [1.165, 1.54) is 12.1 Å². The van der Waals surface area contributed by atoms with Crippen LogP contribution in [0.15, 0.2) is 52.9 Å². The lowest BCUT2D eigenvalue weighted by molar-refractivity contribution is 0.414. The number of furan rings is 1. The second kappa shape index (κ2) is 5.58. The summed E-state index contributed by atoms with van der Waals surface area (Å²) in [5, 5.41) is 3.98. The minimum absolute atomic E-state index is 0.0913. The van der Waals surface area contributed by atoms with Crippen molar-refractivity contribution in [1.82, 2.24) is 5.32 Å². The van der Waals surface area contributed by atoms with Gasteiger partial charge in [0.25, 0.3) is 0 Å². The van der Waals surface area contributed by atoms with Gasteiger partial charge in [0, 0.05) is 5.39 Å². The lowest BCUT2D eigenvalue weighted by Gasteiger charge is -2.14. The van der Waals surface area contributed by atoms with E-state index in [-0.39, 0.29) is 11.9 Å². The molecule has 0 saturated carbocycles. The van der Waals surface area contributed by atoms with Gasteiger partial charge in [0.1, 0.15) is 22.9 Å². The largest absolute Gasteiger partial charge is 0.497 e. The lowest BCUT2D eigenvalue weighted by Crippen LogP contribution is -2.16. The molecule has 1 heterocycles. The van der Waals surface area contributed by atoms with Gasteiger partial charge < -0.3 is 14.5 Å². The first-order chi connectivity index (χ1) is 10.2. The minimum Gasteiger partial charge on any atom is -0.497 e. The van der Waals surface area contributed by atoms with E-state index in [2.05, 4.69) is 5.32 Å². The van der Waals surface area contributed by atoms with Crippen LogP contribution < -0.4 is 10.1 Å². The summed E-state index contributed by atoms with van der Waals surface area (Å²) >= 11 is 0. The molecule has 0 aliphatic heterocycles. The van der Waals surface area contributed by atoms with Gasteiger partial charge in [-0.1, -0.05) is 12.1 Å². The third-order valence-corrected chi connectivity index (χ3v) is 3.52. The van der Waals surface area contributed by atoms with E-state index in [0.717, 1.165) is 22.5 Å². The van der Waals surface area contributed by atoms with Gasteiger partial charge in [-0.15, -0.1) is 0 Å². The Bertz CT molecular complexity index is 749. The Morgan fingerprint density at radius 3 is 2.52 bits per heavy atom. The van der Waals surface area contributed by atoms with Crippen LogP contribution in [0.1, 0.15) is 17.4 Å². The average Bonchev–Trinajstić information content (AvgIpc) is 2.91. The summed E-state index contributed by atoms with van der Waals surface area (Å²) < 4.78 is 24.3. The second-order valence-corrected chi connectivity index (χ2v) is 4.83. The number of rotatable bonds is 4. The van der Waals surface area contributed by atoms with E-state index in [9.17, 15) is 4.39 Å². The highest BCUT2D eigenvalue weighted by Crippen LogP contribution is 2.29. The van der Waals surface area contributed by atoms with Crippen molar-refractivity contribution in [3.63, 3.8) is 0 Å². The number of methoxy groups -OCH3 is 1. The number of nitrogens with one attached hydrogen (secondary N) is 1. The highest BCUT2D eigenvalue weighted by atomic mass is 19.1. The van der Waals surface area contributed by atoms with Crippen LogP contribution in [0.2, 0.25) is 0 Å². The maximum absolute atomic E-state index is 13.3. The summed E-state index contributed by atoms with van der Waals surface area (Å²) in [6.45, 7) is 0. The molecule has 1 aromatic heterocycles. The molecule has 3 nitrogen and oxygen atoms in total. The molecular weight excluding hydrogens is 269 g/mol. The molecule has 0 fully saturated rings. The summed E-state index contributed by atoms with van der Waals surface area (Å²) in [7, 11) is 3.50. The first-order valence-electron chi connectivity index (χ1n) is 6.71. The fraction of sp³-hybridized carbons (Fsp3) is 0.176. The molecule has 0 amide bonds. The third-order valence-electron chi connectivity index (χ3n) is 3.52. The number of hydrogen-bond acceptors (Lipinski definition) is 3. The lowest BCUT2D eigenvalue weighted by atomic mass is 10.0. The van der Waals surface area contributed by atoms with Crippen LogP contribution >= 0.6 is 0 Å².